The molecule has 1 aromatic carbocycles. The second-order valence-electron chi connectivity index (χ2n) is 6.65. The molecule has 2 heterocycles. The molecule has 0 bridgehead atoms. The van der Waals surface area contributed by atoms with Crippen LogP contribution in [-0.2, 0) is 13.6 Å². The molecule has 7 heteroatoms. The number of piperidine rings is 1. The fourth-order valence-electron chi connectivity index (χ4n) is 3.60. The number of aryl methyl sites for hydroxylation is 2. The average molecular weight is 343 g/mol. The molecule has 1 fully saturated rings. The van der Waals surface area contributed by atoms with Crippen molar-refractivity contribution in [2.24, 2.45) is 7.05 Å². The summed E-state index contributed by atoms with van der Waals surface area (Å²) in [7, 11) is 1.74. The number of hydrogen-bond donors (Lipinski definition) is 1. The zero-order valence-corrected chi connectivity index (χ0v) is 14.8. The summed E-state index contributed by atoms with van der Waals surface area (Å²) in [5, 5.41) is 18.8. The third kappa shape index (κ3) is 3.99. The normalized spacial score (nSPS) is 18.2. The van der Waals surface area contributed by atoms with Crippen molar-refractivity contribution in [3.05, 3.63) is 51.7 Å². The van der Waals surface area contributed by atoms with E-state index in [9.17, 15) is 10.1 Å². The van der Waals surface area contributed by atoms with E-state index >= 15 is 0 Å². The largest absolute Gasteiger partial charge is 0.363 e. The van der Waals surface area contributed by atoms with Crippen LogP contribution in [0.15, 0.2) is 30.3 Å². The number of hydrogen-bond acceptors (Lipinski definition) is 5. The van der Waals surface area contributed by atoms with Crippen LogP contribution in [0.1, 0.15) is 30.5 Å². The van der Waals surface area contributed by atoms with E-state index in [1.807, 2.05) is 6.07 Å². The van der Waals surface area contributed by atoms with Crippen LogP contribution in [0.2, 0.25) is 0 Å². The molecule has 1 unspecified atom stereocenters. The van der Waals surface area contributed by atoms with Crippen molar-refractivity contribution in [3.63, 3.8) is 0 Å². The van der Waals surface area contributed by atoms with Gasteiger partial charge in [0.15, 0.2) is 0 Å². The molecule has 25 heavy (non-hydrogen) atoms. The lowest BCUT2D eigenvalue weighted by Crippen LogP contribution is -2.43. The fraction of sp³-hybridized carbons (Fsp3) is 0.500. The first kappa shape index (κ1) is 17.4. The first-order chi connectivity index (χ1) is 12.1. The Balaban J connectivity index is 1.69. The second kappa shape index (κ2) is 7.65. The maximum atomic E-state index is 11.3. The highest BCUT2D eigenvalue weighted by molar-refractivity contribution is 5.59. The number of likely N-dealkylation sites (tertiary alicyclic amines) is 1. The van der Waals surface area contributed by atoms with Crippen LogP contribution in [-0.4, -0.2) is 38.7 Å². The summed E-state index contributed by atoms with van der Waals surface area (Å²) in [6, 6.07) is 10.8. The number of rotatable bonds is 6. The molecule has 1 aliphatic heterocycles. The monoisotopic (exact) mass is 343 g/mol. The van der Waals surface area contributed by atoms with E-state index in [1.54, 1.807) is 18.7 Å². The Kier molecular flexibility index (Phi) is 5.33. The lowest BCUT2D eigenvalue weighted by Gasteiger charge is -2.36. The highest BCUT2D eigenvalue weighted by Crippen LogP contribution is 2.28. The van der Waals surface area contributed by atoms with Gasteiger partial charge in [0.2, 0.25) is 5.82 Å². The van der Waals surface area contributed by atoms with Gasteiger partial charge in [0, 0.05) is 26.2 Å². The molecule has 1 saturated heterocycles. The van der Waals surface area contributed by atoms with E-state index in [4.69, 9.17) is 0 Å². The predicted octanol–water partition coefficient (Wildman–Crippen LogP) is 3.10. The van der Waals surface area contributed by atoms with E-state index in [0.29, 0.717) is 24.1 Å². The Labute approximate surface area is 147 Å². The maximum absolute atomic E-state index is 11.3. The van der Waals surface area contributed by atoms with Crippen LogP contribution in [0.5, 0.6) is 0 Å². The molecule has 1 aromatic heterocycles. The lowest BCUT2D eigenvalue weighted by atomic mass is 10.0. The van der Waals surface area contributed by atoms with Crippen molar-refractivity contribution in [1.29, 1.82) is 0 Å². The van der Waals surface area contributed by atoms with Gasteiger partial charge in [-0.3, -0.25) is 15.0 Å². The summed E-state index contributed by atoms with van der Waals surface area (Å²) >= 11 is 0. The molecule has 0 amide bonds. The molecular formula is C18H25N5O2. The minimum Gasteiger partial charge on any atom is -0.363 e. The Bertz CT molecular complexity index is 729. The molecule has 0 saturated carbocycles. The van der Waals surface area contributed by atoms with Crippen LogP contribution in [0.3, 0.4) is 0 Å². The molecule has 0 radical (unpaired) electrons. The van der Waals surface area contributed by atoms with Gasteiger partial charge in [0.25, 0.3) is 0 Å². The van der Waals surface area contributed by atoms with Gasteiger partial charge in [-0.2, -0.15) is 5.10 Å². The van der Waals surface area contributed by atoms with E-state index < -0.39 is 0 Å². The smallest absolute Gasteiger partial charge is 0.333 e. The Morgan fingerprint density at radius 1 is 1.32 bits per heavy atom. The number of nitro groups is 1. The van der Waals surface area contributed by atoms with Gasteiger partial charge in [-0.15, -0.1) is 0 Å². The quantitative estimate of drug-likeness (QED) is 0.644. The molecule has 0 spiro atoms. The van der Waals surface area contributed by atoms with Crippen LogP contribution in [0.25, 0.3) is 0 Å². The minimum atomic E-state index is -0.354. The van der Waals surface area contributed by atoms with Crippen LogP contribution in [0, 0.1) is 17.0 Å². The molecule has 7 nitrogen and oxygen atoms in total. The molecule has 3 rings (SSSR count). The molecule has 1 aliphatic rings. The average Bonchev–Trinajstić information content (AvgIpc) is 2.88. The summed E-state index contributed by atoms with van der Waals surface area (Å²) in [6.45, 7) is 4.34. The van der Waals surface area contributed by atoms with Crippen molar-refractivity contribution < 1.29 is 4.92 Å². The van der Waals surface area contributed by atoms with Crippen molar-refractivity contribution in [1.82, 2.24) is 14.7 Å². The minimum absolute atomic E-state index is 0.0768. The van der Waals surface area contributed by atoms with Gasteiger partial charge < -0.3 is 5.32 Å². The number of nitrogens with zero attached hydrogens (tertiary/aromatic N) is 4. The highest BCUT2D eigenvalue weighted by atomic mass is 16.6. The van der Waals surface area contributed by atoms with E-state index in [2.05, 4.69) is 39.6 Å². The first-order valence-electron chi connectivity index (χ1n) is 8.76. The fourth-order valence-corrected chi connectivity index (χ4v) is 3.60. The van der Waals surface area contributed by atoms with Gasteiger partial charge in [-0.25, -0.2) is 4.68 Å². The van der Waals surface area contributed by atoms with Gasteiger partial charge >= 0.3 is 5.69 Å². The SMILES string of the molecule is Cc1nn(C)c(NCC2CCCCN2Cc2ccccc2)c1[N+](=O)[O-]. The van der Waals surface area contributed by atoms with Crippen molar-refractivity contribution in [2.75, 3.05) is 18.4 Å². The summed E-state index contributed by atoms with van der Waals surface area (Å²) in [5.74, 6) is 0.493. The highest BCUT2D eigenvalue weighted by Gasteiger charge is 2.27. The van der Waals surface area contributed by atoms with Crippen molar-refractivity contribution in [3.8, 4) is 0 Å². The third-order valence-electron chi connectivity index (χ3n) is 4.86. The second-order valence-corrected chi connectivity index (χ2v) is 6.65. The number of aromatic nitrogens is 2. The van der Waals surface area contributed by atoms with Crippen LogP contribution < -0.4 is 5.32 Å². The summed E-state index contributed by atoms with van der Waals surface area (Å²) < 4.78 is 1.57. The van der Waals surface area contributed by atoms with Crippen LogP contribution in [0.4, 0.5) is 11.5 Å². The van der Waals surface area contributed by atoms with Gasteiger partial charge in [0.05, 0.1) is 4.92 Å². The van der Waals surface area contributed by atoms with E-state index in [0.717, 1.165) is 19.5 Å². The van der Waals surface area contributed by atoms with E-state index in [-0.39, 0.29) is 10.6 Å². The van der Waals surface area contributed by atoms with Crippen LogP contribution >= 0.6 is 0 Å². The van der Waals surface area contributed by atoms with E-state index in [1.165, 1.54) is 18.4 Å². The maximum Gasteiger partial charge on any atom is 0.333 e. The first-order valence-corrected chi connectivity index (χ1v) is 8.76. The molecule has 1 atom stereocenters. The number of anilines is 1. The van der Waals surface area contributed by atoms with Gasteiger partial charge in [0.1, 0.15) is 5.69 Å². The Morgan fingerprint density at radius 3 is 2.80 bits per heavy atom. The molecule has 2 aromatic rings. The summed E-state index contributed by atoms with van der Waals surface area (Å²) in [4.78, 5) is 13.4. The standard InChI is InChI=1S/C18H25N5O2/c1-14-17(23(24)25)18(21(2)20-14)19-12-16-10-6-7-11-22(16)13-15-8-4-3-5-9-15/h3-5,8-9,16,19H,6-7,10-13H2,1-2H3. The van der Waals surface area contributed by atoms with Crippen molar-refractivity contribution in [2.45, 2.75) is 38.8 Å². The van der Waals surface area contributed by atoms with Crippen molar-refractivity contribution >= 4 is 11.5 Å². The molecule has 134 valence electrons. The predicted molar refractivity (Wildman–Crippen MR) is 97.6 cm³/mol. The molecule has 0 aliphatic carbocycles. The van der Waals surface area contributed by atoms with Gasteiger partial charge in [-0.05, 0) is 31.9 Å². The van der Waals surface area contributed by atoms with Gasteiger partial charge in [-0.1, -0.05) is 36.8 Å². The Hall–Kier alpha value is -2.41. The molecule has 1 N–H and O–H groups in total. The Morgan fingerprint density at radius 2 is 2.08 bits per heavy atom. The summed E-state index contributed by atoms with van der Waals surface area (Å²) in [5.41, 5.74) is 1.82. The zero-order chi connectivity index (χ0) is 17.8. The zero-order valence-electron chi connectivity index (χ0n) is 14.8. The third-order valence-corrected chi connectivity index (χ3v) is 4.86. The molecular weight excluding hydrogens is 318 g/mol. The number of benzene rings is 1. The topological polar surface area (TPSA) is 76.2 Å². The number of nitrogens with one attached hydrogen (secondary N) is 1. The summed E-state index contributed by atoms with van der Waals surface area (Å²) in [6.07, 6.45) is 3.50. The lowest BCUT2D eigenvalue weighted by molar-refractivity contribution is -0.384.